The lowest BCUT2D eigenvalue weighted by atomic mass is 10.2. The van der Waals surface area contributed by atoms with E-state index in [9.17, 15) is 0 Å². The van der Waals surface area contributed by atoms with Gasteiger partial charge in [0, 0.05) is 11.8 Å². The molecule has 0 aliphatic carbocycles. The average Bonchev–Trinajstić information content (AvgIpc) is 3.25. The van der Waals surface area contributed by atoms with Crippen LogP contribution in [0.2, 0.25) is 0 Å². The van der Waals surface area contributed by atoms with Gasteiger partial charge in [-0.05, 0) is 12.1 Å². The van der Waals surface area contributed by atoms with Crippen molar-refractivity contribution < 1.29 is 5.11 Å². The summed E-state index contributed by atoms with van der Waals surface area (Å²) in [4.78, 5) is 4.65. The number of rotatable bonds is 3. The van der Waals surface area contributed by atoms with Gasteiger partial charge in [-0.25, -0.2) is 9.50 Å². The Bertz CT molecular complexity index is 890. The Morgan fingerprint density at radius 3 is 3.00 bits per heavy atom. The van der Waals surface area contributed by atoms with Crippen LogP contribution in [-0.4, -0.2) is 40.1 Å². The predicted molar refractivity (Wildman–Crippen MR) is 74.1 cm³/mol. The van der Waals surface area contributed by atoms with E-state index in [0.29, 0.717) is 17.1 Å². The van der Waals surface area contributed by atoms with Crippen molar-refractivity contribution in [3.8, 4) is 22.6 Å². The van der Waals surface area contributed by atoms with Crippen LogP contribution in [-0.2, 0) is 6.61 Å². The van der Waals surface area contributed by atoms with E-state index < -0.39 is 0 Å². The first-order valence-corrected chi connectivity index (χ1v) is 6.34. The maximum atomic E-state index is 9.12. The lowest BCUT2D eigenvalue weighted by Crippen LogP contribution is -1.96. The minimum absolute atomic E-state index is 0.0917. The number of fused-ring (bicyclic) bond motifs is 1. The third-order valence-electron chi connectivity index (χ3n) is 3.23. The maximum Gasteiger partial charge on any atom is 0.112 e. The van der Waals surface area contributed by atoms with E-state index in [1.54, 1.807) is 35.4 Å². The monoisotopic (exact) mass is 281 g/mol. The molecule has 3 N–H and O–H groups in total. The lowest BCUT2D eigenvalue weighted by molar-refractivity contribution is 0.276. The molecule has 4 aromatic heterocycles. The zero-order valence-corrected chi connectivity index (χ0v) is 10.9. The molecule has 0 atom stereocenters. The molecule has 4 heterocycles. The van der Waals surface area contributed by atoms with Crippen molar-refractivity contribution in [2.24, 2.45) is 0 Å². The van der Waals surface area contributed by atoms with Crippen molar-refractivity contribution in [3.05, 3.63) is 42.6 Å². The predicted octanol–water partition coefficient (Wildman–Crippen LogP) is 1.00. The van der Waals surface area contributed by atoms with Gasteiger partial charge in [-0.2, -0.15) is 15.3 Å². The normalized spacial score (nSPS) is 11.3. The van der Waals surface area contributed by atoms with Crippen LogP contribution in [0.4, 0.5) is 0 Å². The van der Waals surface area contributed by atoms with E-state index in [1.165, 1.54) is 0 Å². The summed E-state index contributed by atoms with van der Waals surface area (Å²) in [6.45, 7) is -0.0917. The first kappa shape index (κ1) is 11.8. The van der Waals surface area contributed by atoms with E-state index in [0.717, 1.165) is 16.8 Å². The number of aromatic nitrogens is 7. The van der Waals surface area contributed by atoms with Gasteiger partial charge in [0.1, 0.15) is 11.4 Å². The van der Waals surface area contributed by atoms with E-state index in [2.05, 4.69) is 30.5 Å². The van der Waals surface area contributed by atoms with Crippen LogP contribution in [0.15, 0.2) is 36.9 Å². The highest BCUT2D eigenvalue weighted by atomic mass is 16.3. The minimum Gasteiger partial charge on any atom is -0.390 e. The summed E-state index contributed by atoms with van der Waals surface area (Å²) < 4.78 is 1.75. The fraction of sp³-hybridized carbons (Fsp3) is 0.0769. The van der Waals surface area contributed by atoms with Gasteiger partial charge in [0.15, 0.2) is 0 Å². The summed E-state index contributed by atoms with van der Waals surface area (Å²) in [5.74, 6) is 0. The number of hydrogen-bond donors (Lipinski definition) is 3. The molecular weight excluding hydrogens is 270 g/mol. The number of nitrogens with one attached hydrogen (secondary N) is 2. The molecule has 0 aliphatic rings. The van der Waals surface area contributed by atoms with Crippen molar-refractivity contribution in [1.82, 2.24) is 35.0 Å². The second-order valence-electron chi connectivity index (χ2n) is 4.56. The molecule has 8 nitrogen and oxygen atoms in total. The Labute approximate surface area is 118 Å². The standard InChI is InChI=1S/C13H11N7O/c21-7-9-3-10(19-18-9)11-6-20-12(1-2-16-20)13(17-11)8-4-14-15-5-8/h1-6,21H,7H2,(H,14,15)(H,18,19). The molecule has 8 heteroatoms. The molecule has 0 spiro atoms. The third-order valence-corrected chi connectivity index (χ3v) is 3.23. The van der Waals surface area contributed by atoms with Gasteiger partial charge in [-0.1, -0.05) is 0 Å². The maximum absolute atomic E-state index is 9.12. The van der Waals surface area contributed by atoms with Crippen LogP contribution in [0.1, 0.15) is 5.69 Å². The zero-order valence-electron chi connectivity index (χ0n) is 10.9. The van der Waals surface area contributed by atoms with E-state index in [-0.39, 0.29) is 6.61 Å². The molecule has 21 heavy (non-hydrogen) atoms. The average molecular weight is 281 g/mol. The number of H-pyrrole nitrogens is 2. The molecular formula is C13H11N7O. The quantitative estimate of drug-likeness (QED) is 0.519. The minimum atomic E-state index is -0.0917. The number of aliphatic hydroxyl groups excluding tert-OH is 1. The van der Waals surface area contributed by atoms with Gasteiger partial charge in [0.25, 0.3) is 0 Å². The van der Waals surface area contributed by atoms with Gasteiger partial charge in [0.05, 0.1) is 42.1 Å². The molecule has 0 saturated heterocycles. The van der Waals surface area contributed by atoms with E-state index in [1.807, 2.05) is 6.07 Å². The van der Waals surface area contributed by atoms with E-state index >= 15 is 0 Å². The SMILES string of the molecule is OCc1cc(-c2cn3nccc3c(-c3cn[nH]c3)n2)n[nH]1. The first-order valence-electron chi connectivity index (χ1n) is 6.34. The smallest absolute Gasteiger partial charge is 0.112 e. The van der Waals surface area contributed by atoms with Crippen molar-refractivity contribution in [3.63, 3.8) is 0 Å². The third kappa shape index (κ3) is 1.89. The van der Waals surface area contributed by atoms with Gasteiger partial charge >= 0.3 is 0 Å². The van der Waals surface area contributed by atoms with Crippen molar-refractivity contribution in [2.45, 2.75) is 6.61 Å². The molecule has 0 aliphatic heterocycles. The van der Waals surface area contributed by atoms with Crippen LogP contribution < -0.4 is 0 Å². The molecule has 4 rings (SSSR count). The van der Waals surface area contributed by atoms with Gasteiger partial charge in [0.2, 0.25) is 0 Å². The molecule has 0 saturated carbocycles. The molecule has 0 radical (unpaired) electrons. The topological polar surface area (TPSA) is 108 Å². The van der Waals surface area contributed by atoms with Gasteiger partial charge in [-0.15, -0.1) is 0 Å². The number of hydrogen-bond acceptors (Lipinski definition) is 5. The van der Waals surface area contributed by atoms with Crippen molar-refractivity contribution in [2.75, 3.05) is 0 Å². The van der Waals surface area contributed by atoms with Gasteiger partial charge < -0.3 is 5.11 Å². The Hall–Kier alpha value is -3.00. The summed E-state index contributed by atoms with van der Waals surface area (Å²) in [6, 6.07) is 3.65. The van der Waals surface area contributed by atoms with Crippen LogP contribution in [0, 0.1) is 0 Å². The van der Waals surface area contributed by atoms with Gasteiger partial charge in [-0.3, -0.25) is 10.2 Å². The van der Waals surface area contributed by atoms with Crippen LogP contribution in [0.25, 0.3) is 28.2 Å². The molecule has 0 fully saturated rings. The molecule has 0 amide bonds. The summed E-state index contributed by atoms with van der Waals surface area (Å²) in [5, 5.41) is 27.0. The summed E-state index contributed by atoms with van der Waals surface area (Å²) in [6.07, 6.45) is 7.01. The highest BCUT2D eigenvalue weighted by Gasteiger charge is 2.13. The number of nitrogens with zero attached hydrogens (tertiary/aromatic N) is 5. The van der Waals surface area contributed by atoms with Crippen LogP contribution in [0.5, 0.6) is 0 Å². The molecule has 0 aromatic carbocycles. The van der Waals surface area contributed by atoms with Crippen molar-refractivity contribution >= 4 is 5.52 Å². The summed E-state index contributed by atoms with van der Waals surface area (Å²) in [5.41, 5.74) is 4.49. The highest BCUT2D eigenvalue weighted by molar-refractivity contribution is 5.77. The Balaban J connectivity index is 1.94. The molecule has 104 valence electrons. The molecule has 4 aromatic rings. The number of aliphatic hydroxyl groups is 1. The Morgan fingerprint density at radius 1 is 1.29 bits per heavy atom. The van der Waals surface area contributed by atoms with Crippen LogP contribution >= 0.6 is 0 Å². The molecule has 0 bridgehead atoms. The summed E-state index contributed by atoms with van der Waals surface area (Å²) >= 11 is 0. The second kappa shape index (κ2) is 4.53. The summed E-state index contributed by atoms with van der Waals surface area (Å²) in [7, 11) is 0. The largest absolute Gasteiger partial charge is 0.390 e. The van der Waals surface area contributed by atoms with Crippen LogP contribution in [0.3, 0.4) is 0 Å². The Morgan fingerprint density at radius 2 is 2.24 bits per heavy atom. The zero-order chi connectivity index (χ0) is 14.2. The fourth-order valence-corrected chi connectivity index (χ4v) is 2.22. The highest BCUT2D eigenvalue weighted by Crippen LogP contribution is 2.25. The number of aromatic amines is 2. The molecule has 0 unspecified atom stereocenters. The van der Waals surface area contributed by atoms with E-state index in [4.69, 9.17) is 5.11 Å². The second-order valence-corrected chi connectivity index (χ2v) is 4.56. The first-order chi connectivity index (χ1) is 10.3. The lowest BCUT2D eigenvalue weighted by Gasteiger charge is -2.04. The fourth-order valence-electron chi connectivity index (χ4n) is 2.22. The van der Waals surface area contributed by atoms with Crippen molar-refractivity contribution in [1.29, 1.82) is 0 Å². The Kier molecular flexibility index (Phi) is 2.54.